The first kappa shape index (κ1) is 17.4. The highest BCUT2D eigenvalue weighted by molar-refractivity contribution is 5.13. The lowest BCUT2D eigenvalue weighted by molar-refractivity contribution is -0.139. The minimum atomic E-state index is 0.0923. The molecule has 4 heterocycles. The molecule has 4 rings (SSSR count). The van der Waals surface area contributed by atoms with Gasteiger partial charge in [0.1, 0.15) is 0 Å². The lowest BCUT2D eigenvalue weighted by atomic mass is 9.79. The van der Waals surface area contributed by atoms with Crippen LogP contribution in [-0.2, 0) is 20.8 Å². The fourth-order valence-electron chi connectivity index (χ4n) is 4.50. The van der Waals surface area contributed by atoms with Gasteiger partial charge in [0.05, 0.1) is 5.60 Å². The van der Waals surface area contributed by atoms with E-state index in [2.05, 4.69) is 22.0 Å². The maximum absolute atomic E-state index is 6.18. The van der Waals surface area contributed by atoms with Crippen molar-refractivity contribution in [1.29, 1.82) is 0 Å². The summed E-state index contributed by atoms with van der Waals surface area (Å²) in [5.41, 5.74) is 1.42. The fourth-order valence-corrected chi connectivity index (χ4v) is 4.50. The van der Waals surface area contributed by atoms with Gasteiger partial charge in [-0.25, -0.2) is 0 Å². The number of nitrogens with zero attached hydrogens (tertiary/aromatic N) is 2. The Morgan fingerprint density at radius 3 is 2.72 bits per heavy atom. The van der Waals surface area contributed by atoms with Gasteiger partial charge in [0, 0.05) is 65.1 Å². The van der Waals surface area contributed by atoms with Crippen molar-refractivity contribution in [2.45, 2.75) is 37.8 Å². The molecule has 3 saturated heterocycles. The third-order valence-electron chi connectivity index (χ3n) is 6.04. The molecule has 3 fully saturated rings. The summed E-state index contributed by atoms with van der Waals surface area (Å²) in [6.45, 7) is 7.60. The molecule has 1 atom stereocenters. The highest BCUT2D eigenvalue weighted by Crippen LogP contribution is 2.42. The van der Waals surface area contributed by atoms with Gasteiger partial charge in [-0.15, -0.1) is 0 Å². The summed E-state index contributed by atoms with van der Waals surface area (Å²) in [5.74, 6) is 1.35. The summed E-state index contributed by atoms with van der Waals surface area (Å²) < 4.78 is 17.6. The summed E-state index contributed by atoms with van der Waals surface area (Å²) in [6.07, 6.45) is 8.36. The van der Waals surface area contributed by atoms with E-state index in [9.17, 15) is 0 Å². The summed E-state index contributed by atoms with van der Waals surface area (Å²) in [6, 6.07) is 4.20. The zero-order valence-electron chi connectivity index (χ0n) is 15.1. The van der Waals surface area contributed by atoms with Gasteiger partial charge in [0.25, 0.3) is 0 Å². The molecule has 25 heavy (non-hydrogen) atoms. The molecular weight excluding hydrogens is 316 g/mol. The van der Waals surface area contributed by atoms with Crippen molar-refractivity contribution in [3.8, 4) is 0 Å². The van der Waals surface area contributed by atoms with Gasteiger partial charge in [-0.2, -0.15) is 0 Å². The van der Waals surface area contributed by atoms with Crippen molar-refractivity contribution in [3.63, 3.8) is 0 Å². The Bertz CT molecular complexity index is 527. The first-order valence-corrected chi connectivity index (χ1v) is 9.75. The maximum Gasteiger partial charge on any atom is 0.0964 e. The number of ether oxygens (including phenoxy) is 3. The number of hydrogen-bond donors (Lipinski definition) is 0. The third kappa shape index (κ3) is 4.22. The van der Waals surface area contributed by atoms with Crippen molar-refractivity contribution in [3.05, 3.63) is 30.1 Å². The molecule has 0 aromatic carbocycles. The first-order chi connectivity index (χ1) is 12.3. The zero-order chi connectivity index (χ0) is 17.0. The smallest absolute Gasteiger partial charge is 0.0964 e. The second kappa shape index (κ2) is 8.12. The van der Waals surface area contributed by atoms with Crippen LogP contribution in [0.25, 0.3) is 0 Å². The SMILES string of the molecule is c1cc(CN2CC3(C2)OCC[C@@H]3CCOCC2CCOCC2)ccn1. The van der Waals surface area contributed by atoms with Crippen LogP contribution in [0.1, 0.15) is 31.2 Å². The van der Waals surface area contributed by atoms with E-state index in [0.717, 1.165) is 71.9 Å². The predicted molar refractivity (Wildman–Crippen MR) is 95.3 cm³/mol. The van der Waals surface area contributed by atoms with E-state index >= 15 is 0 Å². The fraction of sp³-hybridized carbons (Fsp3) is 0.750. The van der Waals surface area contributed by atoms with Crippen molar-refractivity contribution in [2.75, 3.05) is 46.1 Å². The van der Waals surface area contributed by atoms with Gasteiger partial charge < -0.3 is 14.2 Å². The highest BCUT2D eigenvalue weighted by atomic mass is 16.5. The Morgan fingerprint density at radius 1 is 1.12 bits per heavy atom. The average Bonchev–Trinajstić information content (AvgIpc) is 3.04. The van der Waals surface area contributed by atoms with Crippen LogP contribution in [0.3, 0.4) is 0 Å². The van der Waals surface area contributed by atoms with Gasteiger partial charge >= 0.3 is 0 Å². The topological polar surface area (TPSA) is 43.8 Å². The molecule has 0 amide bonds. The van der Waals surface area contributed by atoms with Gasteiger partial charge in [-0.05, 0) is 55.2 Å². The van der Waals surface area contributed by atoms with Crippen LogP contribution in [0.15, 0.2) is 24.5 Å². The van der Waals surface area contributed by atoms with Crippen LogP contribution >= 0.6 is 0 Å². The van der Waals surface area contributed by atoms with Crippen molar-refractivity contribution >= 4 is 0 Å². The average molecular weight is 346 g/mol. The molecule has 5 heteroatoms. The quantitative estimate of drug-likeness (QED) is 0.710. The van der Waals surface area contributed by atoms with E-state index in [1.807, 2.05) is 12.4 Å². The van der Waals surface area contributed by atoms with Crippen molar-refractivity contribution < 1.29 is 14.2 Å². The summed E-state index contributed by atoms with van der Waals surface area (Å²) >= 11 is 0. The Kier molecular flexibility index (Phi) is 5.66. The Balaban J connectivity index is 1.18. The molecule has 0 N–H and O–H groups in total. The number of likely N-dealkylation sites (tertiary alicyclic amines) is 1. The summed E-state index contributed by atoms with van der Waals surface area (Å²) in [4.78, 5) is 6.57. The predicted octanol–water partition coefficient (Wildman–Crippen LogP) is 2.51. The maximum atomic E-state index is 6.18. The number of aromatic nitrogens is 1. The van der Waals surface area contributed by atoms with Crippen LogP contribution in [0.4, 0.5) is 0 Å². The Labute approximate surface area is 150 Å². The lowest BCUT2D eigenvalue weighted by Crippen LogP contribution is -2.64. The molecule has 1 aromatic rings. The molecule has 3 aliphatic heterocycles. The molecule has 1 spiro atoms. The van der Waals surface area contributed by atoms with E-state index < -0.39 is 0 Å². The number of rotatable bonds is 7. The van der Waals surface area contributed by atoms with E-state index in [0.29, 0.717) is 11.8 Å². The van der Waals surface area contributed by atoms with Crippen LogP contribution in [-0.4, -0.2) is 61.6 Å². The Morgan fingerprint density at radius 2 is 1.92 bits per heavy atom. The molecule has 0 saturated carbocycles. The molecule has 3 aliphatic rings. The molecule has 1 aromatic heterocycles. The monoisotopic (exact) mass is 346 g/mol. The minimum absolute atomic E-state index is 0.0923. The van der Waals surface area contributed by atoms with Crippen LogP contribution in [0.5, 0.6) is 0 Å². The van der Waals surface area contributed by atoms with Crippen molar-refractivity contribution in [2.24, 2.45) is 11.8 Å². The van der Waals surface area contributed by atoms with Gasteiger partial charge in [0.2, 0.25) is 0 Å². The zero-order valence-corrected chi connectivity index (χ0v) is 15.1. The van der Waals surface area contributed by atoms with Crippen LogP contribution < -0.4 is 0 Å². The van der Waals surface area contributed by atoms with E-state index in [1.165, 1.54) is 12.0 Å². The molecule has 0 unspecified atom stereocenters. The van der Waals surface area contributed by atoms with E-state index in [4.69, 9.17) is 14.2 Å². The lowest BCUT2D eigenvalue weighted by Gasteiger charge is -2.50. The summed E-state index contributed by atoms with van der Waals surface area (Å²) in [7, 11) is 0. The largest absolute Gasteiger partial charge is 0.381 e. The molecule has 0 aliphatic carbocycles. The standard InChI is InChI=1S/C20H30N2O3/c1-7-21-8-2-17(1)13-22-15-20(16-22)19(6-12-25-20)5-11-24-14-18-3-9-23-10-4-18/h1-2,7-8,18-19H,3-6,9-16H2/t19-/m0/s1. The normalized spacial score (nSPS) is 26.8. The third-order valence-corrected chi connectivity index (χ3v) is 6.04. The highest BCUT2D eigenvalue weighted by Gasteiger charge is 2.52. The van der Waals surface area contributed by atoms with E-state index in [-0.39, 0.29) is 5.60 Å². The number of pyridine rings is 1. The second-order valence-electron chi connectivity index (χ2n) is 7.82. The minimum Gasteiger partial charge on any atom is -0.381 e. The number of hydrogen-bond acceptors (Lipinski definition) is 5. The Hall–Kier alpha value is -1.01. The first-order valence-electron chi connectivity index (χ1n) is 9.75. The molecule has 0 bridgehead atoms. The summed E-state index contributed by atoms with van der Waals surface area (Å²) in [5, 5.41) is 0. The molecular formula is C20H30N2O3. The van der Waals surface area contributed by atoms with Crippen LogP contribution in [0.2, 0.25) is 0 Å². The van der Waals surface area contributed by atoms with E-state index in [1.54, 1.807) is 0 Å². The van der Waals surface area contributed by atoms with Crippen molar-refractivity contribution in [1.82, 2.24) is 9.88 Å². The van der Waals surface area contributed by atoms with Gasteiger partial charge in [-0.3, -0.25) is 9.88 Å². The van der Waals surface area contributed by atoms with Crippen LogP contribution in [0, 0.1) is 11.8 Å². The second-order valence-corrected chi connectivity index (χ2v) is 7.82. The van der Waals surface area contributed by atoms with Gasteiger partial charge in [-0.1, -0.05) is 0 Å². The molecule has 0 radical (unpaired) electrons. The van der Waals surface area contributed by atoms with Gasteiger partial charge in [0.15, 0.2) is 0 Å². The molecule has 5 nitrogen and oxygen atoms in total. The molecule has 138 valence electrons.